The fourth-order valence-electron chi connectivity index (χ4n) is 1.85. The third-order valence-electron chi connectivity index (χ3n) is 3.02. The number of halogens is 3. The van der Waals surface area contributed by atoms with Crippen LogP contribution in [0.25, 0.3) is 0 Å². The number of ether oxygens (including phenoxy) is 2. The standard InChI is InChI=1S/C16H12F3NO4/c1-9(21)13-7-12(15(22)23-2)14(8-20-13)24-11-5-3-4-10(6-11)16(17,18)19/h3-8H,1-2H3. The third kappa shape index (κ3) is 3.89. The maximum atomic E-state index is 12.7. The lowest BCUT2D eigenvalue weighted by atomic mass is 10.1. The van der Waals surface area contributed by atoms with Crippen molar-refractivity contribution in [3.8, 4) is 11.5 Å². The topological polar surface area (TPSA) is 65.5 Å². The molecule has 1 heterocycles. The van der Waals surface area contributed by atoms with Gasteiger partial charge in [-0.2, -0.15) is 13.2 Å². The Balaban J connectivity index is 2.42. The Bertz CT molecular complexity index is 787. The highest BCUT2D eigenvalue weighted by Gasteiger charge is 2.30. The average molecular weight is 339 g/mol. The molecule has 0 spiro atoms. The van der Waals surface area contributed by atoms with E-state index in [1.54, 1.807) is 0 Å². The van der Waals surface area contributed by atoms with Crippen LogP contribution < -0.4 is 4.74 Å². The van der Waals surface area contributed by atoms with E-state index in [4.69, 9.17) is 4.74 Å². The number of esters is 1. The predicted molar refractivity (Wildman–Crippen MR) is 77.1 cm³/mol. The maximum Gasteiger partial charge on any atom is 0.416 e. The highest BCUT2D eigenvalue weighted by Crippen LogP contribution is 2.33. The van der Waals surface area contributed by atoms with Crippen molar-refractivity contribution in [2.24, 2.45) is 0 Å². The fraction of sp³-hybridized carbons (Fsp3) is 0.188. The second kappa shape index (κ2) is 6.69. The molecule has 1 aromatic carbocycles. The fourth-order valence-corrected chi connectivity index (χ4v) is 1.85. The van der Waals surface area contributed by atoms with Gasteiger partial charge in [-0.05, 0) is 24.3 Å². The lowest BCUT2D eigenvalue weighted by molar-refractivity contribution is -0.137. The molecule has 0 saturated carbocycles. The molecule has 2 aromatic rings. The van der Waals surface area contributed by atoms with Crippen LogP contribution >= 0.6 is 0 Å². The van der Waals surface area contributed by atoms with E-state index in [2.05, 4.69) is 9.72 Å². The van der Waals surface area contributed by atoms with Crippen molar-refractivity contribution in [3.05, 3.63) is 53.3 Å². The molecular weight excluding hydrogens is 327 g/mol. The van der Waals surface area contributed by atoms with Crippen molar-refractivity contribution in [3.63, 3.8) is 0 Å². The predicted octanol–water partition coefficient (Wildman–Crippen LogP) is 3.88. The van der Waals surface area contributed by atoms with Gasteiger partial charge in [0, 0.05) is 6.92 Å². The smallest absolute Gasteiger partial charge is 0.416 e. The normalized spacial score (nSPS) is 11.0. The van der Waals surface area contributed by atoms with E-state index in [1.165, 1.54) is 19.1 Å². The highest BCUT2D eigenvalue weighted by molar-refractivity contribution is 5.97. The number of alkyl halides is 3. The van der Waals surface area contributed by atoms with E-state index < -0.39 is 17.7 Å². The summed E-state index contributed by atoms with van der Waals surface area (Å²) in [6, 6.07) is 5.32. The molecule has 0 aliphatic rings. The molecule has 0 fully saturated rings. The zero-order chi connectivity index (χ0) is 17.9. The molecule has 0 aliphatic heterocycles. The Morgan fingerprint density at radius 3 is 2.46 bits per heavy atom. The first-order chi connectivity index (χ1) is 11.2. The first kappa shape index (κ1) is 17.5. The van der Waals surface area contributed by atoms with Crippen molar-refractivity contribution >= 4 is 11.8 Å². The van der Waals surface area contributed by atoms with Crippen LogP contribution in [0.4, 0.5) is 13.2 Å². The number of Topliss-reactive ketones (excluding diaryl/α,β-unsaturated/α-hetero) is 1. The maximum absolute atomic E-state index is 12.7. The number of benzene rings is 1. The van der Waals surface area contributed by atoms with E-state index in [0.717, 1.165) is 31.5 Å². The van der Waals surface area contributed by atoms with Crippen molar-refractivity contribution in [2.45, 2.75) is 13.1 Å². The number of carbonyl (C=O) groups excluding carboxylic acids is 2. The Labute approximate surface area is 135 Å². The SMILES string of the molecule is COC(=O)c1cc(C(C)=O)ncc1Oc1cccc(C(F)(F)F)c1. The number of methoxy groups -OCH3 is 1. The number of carbonyl (C=O) groups is 2. The molecule has 8 heteroatoms. The molecule has 5 nitrogen and oxygen atoms in total. The summed E-state index contributed by atoms with van der Waals surface area (Å²) >= 11 is 0. The van der Waals surface area contributed by atoms with Crippen LogP contribution in [0, 0.1) is 0 Å². The lowest BCUT2D eigenvalue weighted by Gasteiger charge is -2.12. The van der Waals surface area contributed by atoms with Gasteiger partial charge in [0.15, 0.2) is 11.5 Å². The second-order valence-electron chi connectivity index (χ2n) is 4.74. The van der Waals surface area contributed by atoms with Gasteiger partial charge in [0.05, 0.1) is 18.9 Å². The lowest BCUT2D eigenvalue weighted by Crippen LogP contribution is -2.08. The average Bonchev–Trinajstić information content (AvgIpc) is 2.53. The zero-order valence-corrected chi connectivity index (χ0v) is 12.7. The number of aromatic nitrogens is 1. The molecule has 0 amide bonds. The second-order valence-corrected chi connectivity index (χ2v) is 4.74. The van der Waals surface area contributed by atoms with Crippen molar-refractivity contribution in [2.75, 3.05) is 7.11 Å². The molecule has 0 aliphatic carbocycles. The van der Waals surface area contributed by atoms with Gasteiger partial charge in [-0.1, -0.05) is 6.07 Å². The first-order valence-electron chi connectivity index (χ1n) is 6.67. The van der Waals surface area contributed by atoms with Crippen LogP contribution in [0.1, 0.15) is 33.3 Å². The molecule has 1 aromatic heterocycles. The molecular formula is C16H12F3NO4. The summed E-state index contributed by atoms with van der Waals surface area (Å²) < 4.78 is 48.1. The summed E-state index contributed by atoms with van der Waals surface area (Å²) in [5.41, 5.74) is -1.00. The summed E-state index contributed by atoms with van der Waals surface area (Å²) in [5.74, 6) is -1.44. The summed E-state index contributed by atoms with van der Waals surface area (Å²) in [4.78, 5) is 27.0. The molecule has 0 radical (unpaired) electrons. The van der Waals surface area contributed by atoms with E-state index in [-0.39, 0.29) is 28.5 Å². The molecule has 24 heavy (non-hydrogen) atoms. The number of rotatable bonds is 4. The van der Waals surface area contributed by atoms with E-state index >= 15 is 0 Å². The first-order valence-corrected chi connectivity index (χ1v) is 6.67. The van der Waals surface area contributed by atoms with Crippen LogP contribution in [0.5, 0.6) is 11.5 Å². The van der Waals surface area contributed by atoms with Gasteiger partial charge in [-0.15, -0.1) is 0 Å². The van der Waals surface area contributed by atoms with Gasteiger partial charge in [0.1, 0.15) is 17.0 Å². The molecule has 126 valence electrons. The monoisotopic (exact) mass is 339 g/mol. The Kier molecular flexibility index (Phi) is 4.87. The van der Waals surface area contributed by atoms with Gasteiger partial charge in [0.25, 0.3) is 0 Å². The molecule has 0 bridgehead atoms. The molecule has 0 saturated heterocycles. The minimum absolute atomic E-state index is 0.00629. The van der Waals surface area contributed by atoms with Crippen molar-refractivity contribution < 1.29 is 32.2 Å². The number of nitrogens with zero attached hydrogens (tertiary/aromatic N) is 1. The Morgan fingerprint density at radius 1 is 1.17 bits per heavy atom. The number of hydrogen-bond acceptors (Lipinski definition) is 5. The Hall–Kier alpha value is -2.90. The van der Waals surface area contributed by atoms with Gasteiger partial charge >= 0.3 is 12.1 Å². The number of hydrogen-bond donors (Lipinski definition) is 0. The van der Waals surface area contributed by atoms with Crippen molar-refractivity contribution in [1.29, 1.82) is 0 Å². The van der Waals surface area contributed by atoms with Crippen LogP contribution in [0.3, 0.4) is 0 Å². The van der Waals surface area contributed by atoms with Crippen LogP contribution in [-0.2, 0) is 10.9 Å². The largest absolute Gasteiger partial charge is 0.465 e. The van der Waals surface area contributed by atoms with Crippen LogP contribution in [0.15, 0.2) is 36.5 Å². The number of pyridine rings is 1. The summed E-state index contributed by atoms with van der Waals surface area (Å²) in [6.07, 6.45) is -3.44. The minimum Gasteiger partial charge on any atom is -0.465 e. The quantitative estimate of drug-likeness (QED) is 0.625. The van der Waals surface area contributed by atoms with Crippen LogP contribution in [-0.4, -0.2) is 23.8 Å². The van der Waals surface area contributed by atoms with Crippen molar-refractivity contribution in [1.82, 2.24) is 4.98 Å². The molecule has 0 atom stereocenters. The van der Waals surface area contributed by atoms with Gasteiger partial charge in [0.2, 0.25) is 0 Å². The van der Waals surface area contributed by atoms with Gasteiger partial charge in [-0.3, -0.25) is 4.79 Å². The molecule has 0 N–H and O–H groups in total. The molecule has 2 rings (SSSR count). The van der Waals surface area contributed by atoms with Crippen LogP contribution in [0.2, 0.25) is 0 Å². The summed E-state index contributed by atoms with van der Waals surface area (Å²) in [6.45, 7) is 1.26. The van der Waals surface area contributed by atoms with E-state index in [0.29, 0.717) is 0 Å². The summed E-state index contributed by atoms with van der Waals surface area (Å²) in [5, 5.41) is 0. The summed E-state index contributed by atoms with van der Waals surface area (Å²) in [7, 11) is 1.13. The van der Waals surface area contributed by atoms with E-state index in [9.17, 15) is 22.8 Å². The zero-order valence-electron chi connectivity index (χ0n) is 12.7. The number of ketones is 1. The van der Waals surface area contributed by atoms with E-state index in [1.807, 2.05) is 0 Å². The van der Waals surface area contributed by atoms with Gasteiger partial charge in [-0.25, -0.2) is 9.78 Å². The highest BCUT2D eigenvalue weighted by atomic mass is 19.4. The molecule has 0 unspecified atom stereocenters. The third-order valence-corrected chi connectivity index (χ3v) is 3.02. The Morgan fingerprint density at radius 2 is 1.88 bits per heavy atom. The van der Waals surface area contributed by atoms with Gasteiger partial charge < -0.3 is 9.47 Å². The minimum atomic E-state index is -4.53.